The minimum Gasteiger partial charge on any atom is -0.480 e. The van der Waals surface area contributed by atoms with Crippen LogP contribution in [-0.4, -0.2) is 23.2 Å². The van der Waals surface area contributed by atoms with Crippen LogP contribution in [0.25, 0.3) is 0 Å². The van der Waals surface area contributed by atoms with Gasteiger partial charge in [-0.25, -0.2) is 0 Å². The Morgan fingerprint density at radius 1 is 1.21 bits per heavy atom. The molecule has 2 rings (SSSR count). The van der Waals surface area contributed by atoms with E-state index in [2.05, 4.69) is 0 Å². The lowest BCUT2D eigenvalue weighted by Crippen LogP contribution is -2.32. The number of carbonyl (C=O) groups is 1. The third-order valence-electron chi connectivity index (χ3n) is 3.27. The second-order valence-corrected chi connectivity index (χ2v) is 5.03. The highest BCUT2D eigenvalue weighted by Gasteiger charge is 2.11. The first kappa shape index (κ1) is 15.7. The first-order valence-corrected chi connectivity index (χ1v) is 6.87. The van der Waals surface area contributed by atoms with Crippen molar-refractivity contribution in [1.82, 2.24) is 0 Å². The fourth-order valence-electron chi connectivity index (χ4n) is 2.09. The van der Waals surface area contributed by atoms with Crippen LogP contribution in [0.1, 0.15) is 37.7 Å². The molecule has 0 unspecified atom stereocenters. The van der Waals surface area contributed by atoms with Crippen molar-refractivity contribution in [2.75, 3.05) is 0 Å². The van der Waals surface area contributed by atoms with Crippen LogP contribution < -0.4 is 11.5 Å². The zero-order valence-corrected chi connectivity index (χ0v) is 11.3. The molecular weight excluding hydrogens is 240 g/mol. The summed E-state index contributed by atoms with van der Waals surface area (Å²) in [6.45, 7) is 0. The smallest absolute Gasteiger partial charge is 0.320 e. The largest absolute Gasteiger partial charge is 0.480 e. The number of nitrogens with two attached hydrogens (primary N) is 2. The average molecular weight is 264 g/mol. The summed E-state index contributed by atoms with van der Waals surface area (Å²) in [5.41, 5.74) is 11.9. The topological polar surface area (TPSA) is 89.3 Å². The van der Waals surface area contributed by atoms with Gasteiger partial charge in [0.15, 0.2) is 0 Å². The maximum Gasteiger partial charge on any atom is 0.320 e. The maximum absolute atomic E-state index is 10.4. The minimum atomic E-state index is -0.959. The average Bonchev–Trinajstić information content (AvgIpc) is 2.41. The molecule has 0 aliphatic heterocycles. The van der Waals surface area contributed by atoms with Gasteiger partial charge in [0.2, 0.25) is 0 Å². The number of hydrogen-bond acceptors (Lipinski definition) is 3. The second kappa shape index (κ2) is 8.67. The van der Waals surface area contributed by atoms with E-state index in [-0.39, 0.29) is 0 Å². The van der Waals surface area contributed by atoms with Crippen molar-refractivity contribution in [3.05, 3.63) is 35.9 Å². The molecule has 1 fully saturated rings. The van der Waals surface area contributed by atoms with Crippen molar-refractivity contribution in [2.45, 2.75) is 50.6 Å². The Hall–Kier alpha value is -1.39. The molecule has 5 N–H and O–H groups in total. The highest BCUT2D eigenvalue weighted by molar-refractivity contribution is 5.73. The maximum atomic E-state index is 10.4. The third-order valence-corrected chi connectivity index (χ3v) is 3.27. The monoisotopic (exact) mass is 264 g/mol. The van der Waals surface area contributed by atoms with Crippen molar-refractivity contribution in [2.24, 2.45) is 11.5 Å². The highest BCUT2D eigenvalue weighted by Crippen LogP contribution is 2.14. The number of carboxylic acids is 1. The summed E-state index contributed by atoms with van der Waals surface area (Å²) >= 11 is 0. The van der Waals surface area contributed by atoms with Crippen LogP contribution in [0.4, 0.5) is 0 Å². The standard InChI is InChI=1S/C9H11NO2.C6H13N/c10-8(9(11)12)6-7-4-2-1-3-5-7;7-6-4-2-1-3-5-6/h1-5,8H,6,10H2,(H,11,12);6H,1-5,7H2/t8-;/m0./s1. The summed E-state index contributed by atoms with van der Waals surface area (Å²) in [6, 6.07) is 9.08. The molecule has 0 radical (unpaired) electrons. The van der Waals surface area contributed by atoms with Gasteiger partial charge in [0, 0.05) is 6.04 Å². The Bertz CT molecular complexity index is 362. The first-order chi connectivity index (χ1) is 9.09. The van der Waals surface area contributed by atoms with Gasteiger partial charge in [0.25, 0.3) is 0 Å². The van der Waals surface area contributed by atoms with E-state index in [0.29, 0.717) is 12.5 Å². The molecule has 4 heteroatoms. The third kappa shape index (κ3) is 6.94. The molecule has 0 spiro atoms. The zero-order chi connectivity index (χ0) is 14.1. The molecule has 0 heterocycles. The van der Waals surface area contributed by atoms with Gasteiger partial charge < -0.3 is 16.6 Å². The summed E-state index contributed by atoms with van der Waals surface area (Å²) in [5.74, 6) is -0.959. The number of carboxylic acid groups (broad SMARTS) is 1. The molecule has 1 aromatic rings. The lowest BCUT2D eigenvalue weighted by molar-refractivity contribution is -0.138. The Balaban J connectivity index is 0.000000218. The van der Waals surface area contributed by atoms with Gasteiger partial charge >= 0.3 is 5.97 Å². The number of rotatable bonds is 3. The summed E-state index contributed by atoms with van der Waals surface area (Å²) in [6.07, 6.45) is 7.05. The summed E-state index contributed by atoms with van der Waals surface area (Å²) in [5, 5.41) is 8.52. The molecule has 1 aliphatic rings. The molecular formula is C15H24N2O2. The quantitative estimate of drug-likeness (QED) is 0.778. The molecule has 0 aromatic heterocycles. The SMILES string of the molecule is NC1CCCCC1.N[C@@H](Cc1ccccc1)C(=O)O. The number of hydrogen-bond donors (Lipinski definition) is 3. The van der Waals surface area contributed by atoms with Gasteiger partial charge in [0.05, 0.1) is 0 Å². The summed E-state index contributed by atoms with van der Waals surface area (Å²) in [7, 11) is 0. The van der Waals surface area contributed by atoms with Crippen molar-refractivity contribution < 1.29 is 9.90 Å². The van der Waals surface area contributed by atoms with E-state index in [4.69, 9.17) is 16.6 Å². The zero-order valence-electron chi connectivity index (χ0n) is 11.3. The summed E-state index contributed by atoms with van der Waals surface area (Å²) < 4.78 is 0. The molecule has 1 atom stereocenters. The molecule has 106 valence electrons. The van der Waals surface area contributed by atoms with Crippen LogP contribution in [0, 0.1) is 0 Å². The molecule has 0 bridgehead atoms. The van der Waals surface area contributed by atoms with Crippen molar-refractivity contribution in [3.63, 3.8) is 0 Å². The highest BCUT2D eigenvalue weighted by atomic mass is 16.4. The van der Waals surface area contributed by atoms with E-state index in [9.17, 15) is 4.79 Å². The van der Waals surface area contributed by atoms with Gasteiger partial charge in [0.1, 0.15) is 6.04 Å². The second-order valence-electron chi connectivity index (χ2n) is 5.03. The Morgan fingerprint density at radius 3 is 2.21 bits per heavy atom. The van der Waals surface area contributed by atoms with E-state index in [1.165, 1.54) is 32.1 Å². The van der Waals surface area contributed by atoms with E-state index in [1.54, 1.807) is 0 Å². The Morgan fingerprint density at radius 2 is 1.79 bits per heavy atom. The predicted octanol–water partition coefficient (Wildman–Crippen LogP) is 1.92. The number of aliphatic carboxylic acids is 1. The molecule has 0 amide bonds. The van der Waals surface area contributed by atoms with E-state index >= 15 is 0 Å². The van der Waals surface area contributed by atoms with Crippen LogP contribution in [0.2, 0.25) is 0 Å². The van der Waals surface area contributed by atoms with Crippen LogP contribution in [0.15, 0.2) is 30.3 Å². The van der Waals surface area contributed by atoms with Gasteiger partial charge in [-0.2, -0.15) is 0 Å². The predicted molar refractivity (Wildman–Crippen MR) is 76.8 cm³/mol. The van der Waals surface area contributed by atoms with Crippen molar-refractivity contribution in [1.29, 1.82) is 0 Å². The molecule has 0 saturated heterocycles. The van der Waals surface area contributed by atoms with Gasteiger partial charge in [-0.1, -0.05) is 49.6 Å². The molecule has 19 heavy (non-hydrogen) atoms. The molecule has 1 aliphatic carbocycles. The van der Waals surface area contributed by atoms with Gasteiger partial charge in [-0.3, -0.25) is 4.79 Å². The number of benzene rings is 1. The van der Waals surface area contributed by atoms with Crippen LogP contribution in [0.3, 0.4) is 0 Å². The van der Waals surface area contributed by atoms with E-state index in [1.807, 2.05) is 30.3 Å². The van der Waals surface area contributed by atoms with Gasteiger partial charge in [-0.15, -0.1) is 0 Å². The van der Waals surface area contributed by atoms with Crippen LogP contribution in [-0.2, 0) is 11.2 Å². The normalized spacial score (nSPS) is 17.2. The van der Waals surface area contributed by atoms with Crippen molar-refractivity contribution >= 4 is 5.97 Å². The van der Waals surface area contributed by atoms with E-state index in [0.717, 1.165) is 5.56 Å². The van der Waals surface area contributed by atoms with E-state index < -0.39 is 12.0 Å². The van der Waals surface area contributed by atoms with Crippen LogP contribution >= 0.6 is 0 Å². The molecule has 4 nitrogen and oxygen atoms in total. The van der Waals surface area contributed by atoms with Crippen LogP contribution in [0.5, 0.6) is 0 Å². The Labute approximate surface area is 114 Å². The van der Waals surface area contributed by atoms with Gasteiger partial charge in [-0.05, 0) is 24.8 Å². The Kier molecular flexibility index (Phi) is 7.15. The first-order valence-electron chi connectivity index (χ1n) is 6.87. The molecule has 1 aromatic carbocycles. The fourth-order valence-corrected chi connectivity index (χ4v) is 2.09. The van der Waals surface area contributed by atoms with Crippen molar-refractivity contribution in [3.8, 4) is 0 Å². The lowest BCUT2D eigenvalue weighted by atomic mass is 9.97. The summed E-state index contributed by atoms with van der Waals surface area (Å²) in [4.78, 5) is 10.4. The minimum absolute atomic E-state index is 0.385. The lowest BCUT2D eigenvalue weighted by Gasteiger charge is -2.15. The molecule has 1 saturated carbocycles. The fraction of sp³-hybridized carbons (Fsp3) is 0.533.